The molecule has 0 saturated carbocycles. The van der Waals surface area contributed by atoms with Gasteiger partial charge in [-0.2, -0.15) is 0 Å². The molecule has 0 bridgehead atoms. The van der Waals surface area contributed by atoms with E-state index >= 15 is 0 Å². The highest BCUT2D eigenvalue weighted by Gasteiger charge is 2.30. The maximum absolute atomic E-state index is 13.1. The smallest absolute Gasteiger partial charge is 0.376 e. The van der Waals surface area contributed by atoms with Crippen LogP contribution in [0.5, 0.6) is 5.75 Å². The maximum atomic E-state index is 13.1. The van der Waals surface area contributed by atoms with Gasteiger partial charge in [-0.25, -0.2) is 14.8 Å². The lowest BCUT2D eigenvalue weighted by Crippen LogP contribution is -2.33. The van der Waals surface area contributed by atoms with Crippen molar-refractivity contribution in [1.29, 1.82) is 0 Å². The number of hydrazine groups is 1. The highest BCUT2D eigenvalue weighted by molar-refractivity contribution is 6.45. The monoisotopic (exact) mass is 470 g/mol. The Morgan fingerprint density at radius 2 is 1.66 bits per heavy atom. The van der Waals surface area contributed by atoms with Crippen molar-refractivity contribution in [1.82, 2.24) is 10.9 Å². The molecular formula is C26H22N4O5. The van der Waals surface area contributed by atoms with Gasteiger partial charge >= 0.3 is 5.97 Å². The Bertz CT molecular complexity index is 1270. The number of benzene rings is 3. The van der Waals surface area contributed by atoms with E-state index in [9.17, 15) is 14.4 Å². The minimum absolute atomic E-state index is 0.0235. The van der Waals surface area contributed by atoms with Gasteiger partial charge in [0.25, 0.3) is 11.8 Å². The van der Waals surface area contributed by atoms with Crippen LogP contribution in [0.3, 0.4) is 0 Å². The van der Waals surface area contributed by atoms with Crippen molar-refractivity contribution in [2.45, 2.75) is 6.54 Å². The van der Waals surface area contributed by atoms with Crippen LogP contribution in [-0.2, 0) is 21.0 Å². The molecule has 1 fully saturated rings. The van der Waals surface area contributed by atoms with E-state index < -0.39 is 17.8 Å². The third-order valence-electron chi connectivity index (χ3n) is 5.05. The van der Waals surface area contributed by atoms with E-state index in [2.05, 4.69) is 15.9 Å². The van der Waals surface area contributed by atoms with Gasteiger partial charge in [0.05, 0.1) is 12.8 Å². The number of nitrogens with zero attached hydrogens (tertiary/aromatic N) is 2. The molecule has 1 aliphatic rings. The average Bonchev–Trinajstić information content (AvgIpc) is 3.27. The van der Waals surface area contributed by atoms with Gasteiger partial charge < -0.3 is 14.9 Å². The van der Waals surface area contributed by atoms with Gasteiger partial charge in [-0.15, -0.1) is 0 Å². The van der Waals surface area contributed by atoms with Crippen LogP contribution in [0.4, 0.5) is 5.69 Å². The van der Waals surface area contributed by atoms with E-state index in [0.29, 0.717) is 17.0 Å². The Morgan fingerprint density at radius 1 is 1.00 bits per heavy atom. The third kappa shape index (κ3) is 5.79. The lowest BCUT2D eigenvalue weighted by atomic mass is 10.2. The van der Waals surface area contributed by atoms with Crippen LogP contribution < -0.4 is 20.7 Å². The van der Waals surface area contributed by atoms with Gasteiger partial charge in [0.1, 0.15) is 11.5 Å². The molecule has 176 valence electrons. The predicted molar refractivity (Wildman–Crippen MR) is 129 cm³/mol. The first-order chi connectivity index (χ1) is 17.0. The van der Waals surface area contributed by atoms with Gasteiger partial charge in [0.15, 0.2) is 5.70 Å². The molecule has 0 unspecified atom stereocenters. The van der Waals surface area contributed by atoms with Crippen molar-refractivity contribution >= 4 is 29.2 Å². The van der Waals surface area contributed by atoms with Crippen molar-refractivity contribution in [2.75, 3.05) is 12.1 Å². The van der Waals surface area contributed by atoms with Crippen molar-refractivity contribution in [3.63, 3.8) is 0 Å². The summed E-state index contributed by atoms with van der Waals surface area (Å²) in [6, 6.07) is 24.4. The van der Waals surface area contributed by atoms with E-state index in [1.165, 1.54) is 11.1 Å². The van der Waals surface area contributed by atoms with Crippen LogP contribution in [0.15, 0.2) is 102 Å². The molecule has 1 aliphatic heterocycles. The Hall–Kier alpha value is -4.76. The molecule has 35 heavy (non-hydrogen) atoms. The highest BCUT2D eigenvalue weighted by Crippen LogP contribution is 2.24. The molecule has 9 nitrogen and oxygen atoms in total. The van der Waals surface area contributed by atoms with E-state index in [0.717, 1.165) is 5.56 Å². The maximum Gasteiger partial charge on any atom is 0.376 e. The Labute approximate surface area is 201 Å². The minimum atomic E-state index is -0.739. The summed E-state index contributed by atoms with van der Waals surface area (Å²) in [6.07, 6.45) is 1.22. The molecule has 2 N–H and O–H groups in total. The number of carbonyl (C=O) groups is 3. The quantitative estimate of drug-likeness (QED) is 0.404. The second-order valence-corrected chi connectivity index (χ2v) is 7.38. The number of carbonyl (C=O) groups excluding carboxylic acids is 3. The van der Waals surface area contributed by atoms with Crippen molar-refractivity contribution < 1.29 is 24.0 Å². The minimum Gasteiger partial charge on any atom is -0.497 e. The molecule has 0 aromatic heterocycles. The standard InChI is InChI=1S/C26H22N4O5/c1-34-21-14-12-20(13-15-21)30-23(26(33)35-29-30)16-22(28-24(31)19-10-6-3-7-11-19)25(32)27-17-18-8-4-2-5-9-18/h2-16,29H,17H2,1H3,(H,27,32)/b23-16+,28-22?. The van der Waals surface area contributed by atoms with Gasteiger partial charge in [0.2, 0.25) is 0 Å². The molecule has 0 aliphatic carbocycles. The summed E-state index contributed by atoms with van der Waals surface area (Å²) in [7, 11) is 1.54. The van der Waals surface area contributed by atoms with Crippen LogP contribution in [0.25, 0.3) is 0 Å². The van der Waals surface area contributed by atoms with E-state index in [4.69, 9.17) is 9.57 Å². The average molecular weight is 470 g/mol. The van der Waals surface area contributed by atoms with E-state index in [1.807, 2.05) is 30.3 Å². The number of rotatable bonds is 7. The zero-order chi connectivity index (χ0) is 24.6. The van der Waals surface area contributed by atoms with Crippen molar-refractivity contribution in [3.05, 3.63) is 108 Å². The first-order valence-corrected chi connectivity index (χ1v) is 10.7. The number of amides is 2. The van der Waals surface area contributed by atoms with Crippen LogP contribution in [0.1, 0.15) is 15.9 Å². The summed E-state index contributed by atoms with van der Waals surface area (Å²) in [5.41, 5.74) is 3.94. The summed E-state index contributed by atoms with van der Waals surface area (Å²) in [6.45, 7) is 0.215. The Balaban J connectivity index is 1.66. The molecule has 0 spiro atoms. The summed E-state index contributed by atoms with van der Waals surface area (Å²) < 4.78 is 5.16. The Morgan fingerprint density at radius 3 is 2.31 bits per heavy atom. The molecule has 9 heteroatoms. The predicted octanol–water partition coefficient (Wildman–Crippen LogP) is 2.96. The Kier molecular flexibility index (Phi) is 7.29. The highest BCUT2D eigenvalue weighted by atomic mass is 16.7. The fourth-order valence-electron chi connectivity index (χ4n) is 3.23. The van der Waals surface area contributed by atoms with Gasteiger partial charge in [-0.05, 0) is 42.0 Å². The molecule has 4 rings (SSSR count). The fraction of sp³-hybridized carbons (Fsp3) is 0.0769. The van der Waals surface area contributed by atoms with Gasteiger partial charge in [-0.3, -0.25) is 9.59 Å². The zero-order valence-electron chi connectivity index (χ0n) is 18.8. The van der Waals surface area contributed by atoms with Crippen LogP contribution in [0.2, 0.25) is 0 Å². The zero-order valence-corrected chi connectivity index (χ0v) is 18.8. The first-order valence-electron chi connectivity index (χ1n) is 10.7. The second kappa shape index (κ2) is 10.9. The molecule has 3 aromatic carbocycles. The molecule has 0 radical (unpaired) electrons. The number of hydrogen-bond donors (Lipinski definition) is 2. The molecule has 3 aromatic rings. The van der Waals surface area contributed by atoms with Gasteiger partial charge in [0, 0.05) is 18.2 Å². The second-order valence-electron chi connectivity index (χ2n) is 7.38. The lowest BCUT2D eigenvalue weighted by molar-refractivity contribution is -0.140. The van der Waals surface area contributed by atoms with Crippen LogP contribution in [-0.4, -0.2) is 30.6 Å². The number of methoxy groups -OCH3 is 1. The topological polar surface area (TPSA) is 109 Å². The number of ether oxygens (including phenoxy) is 1. The largest absolute Gasteiger partial charge is 0.497 e. The van der Waals surface area contributed by atoms with Crippen LogP contribution in [0, 0.1) is 0 Å². The molecule has 1 heterocycles. The molecule has 1 saturated heterocycles. The molecular weight excluding hydrogens is 448 g/mol. The molecule has 2 amide bonds. The van der Waals surface area contributed by atoms with Crippen molar-refractivity contribution in [3.8, 4) is 5.75 Å². The lowest BCUT2D eigenvalue weighted by Gasteiger charge is -2.16. The van der Waals surface area contributed by atoms with Crippen molar-refractivity contribution in [2.24, 2.45) is 4.99 Å². The van der Waals surface area contributed by atoms with Crippen LogP contribution >= 0.6 is 0 Å². The van der Waals surface area contributed by atoms with E-state index in [-0.39, 0.29) is 18.0 Å². The fourth-order valence-corrected chi connectivity index (χ4v) is 3.23. The SMILES string of the molecule is COc1ccc(N2NOC(=O)/C2=C\C(=NC(=O)c2ccccc2)C(=O)NCc2ccccc2)cc1. The first kappa shape index (κ1) is 23.4. The van der Waals surface area contributed by atoms with Gasteiger partial charge in [-0.1, -0.05) is 54.1 Å². The summed E-state index contributed by atoms with van der Waals surface area (Å²) in [5.74, 6) is -1.36. The summed E-state index contributed by atoms with van der Waals surface area (Å²) >= 11 is 0. The third-order valence-corrected chi connectivity index (χ3v) is 5.05. The van der Waals surface area contributed by atoms with E-state index in [1.54, 1.807) is 61.7 Å². The normalized spacial score (nSPS) is 14.5. The summed E-state index contributed by atoms with van der Waals surface area (Å²) in [5, 5.41) is 4.08. The number of hydrogen-bond acceptors (Lipinski definition) is 7. The number of aliphatic imine (C=N–C) groups is 1. The number of nitrogens with one attached hydrogen (secondary N) is 2. The number of anilines is 1. The summed E-state index contributed by atoms with van der Waals surface area (Å²) in [4.78, 5) is 47.3. The molecule has 0 atom stereocenters.